The number of fused-ring (bicyclic) bond motifs is 2. The lowest BCUT2D eigenvalue weighted by Gasteiger charge is -2.29. The summed E-state index contributed by atoms with van der Waals surface area (Å²) in [5, 5.41) is 9.65. The maximum absolute atomic E-state index is 9.65. The van der Waals surface area contributed by atoms with Crippen LogP contribution in [0.25, 0.3) is 0 Å². The predicted octanol–water partition coefficient (Wildman–Crippen LogP) is 1.80. The van der Waals surface area contributed by atoms with Gasteiger partial charge >= 0.3 is 0 Å². The first-order chi connectivity index (χ1) is 4.64. The van der Waals surface area contributed by atoms with Crippen LogP contribution < -0.4 is 0 Å². The lowest BCUT2D eigenvalue weighted by Crippen LogP contribution is -2.29. The topological polar surface area (TPSA) is 20.2 Å². The van der Waals surface area contributed by atoms with Gasteiger partial charge in [-0.15, -0.1) is 0 Å². The third-order valence-corrected chi connectivity index (χ3v) is 4.09. The summed E-state index contributed by atoms with van der Waals surface area (Å²) >= 11 is 0. The van der Waals surface area contributed by atoms with Gasteiger partial charge in [0.2, 0.25) is 0 Å². The van der Waals surface area contributed by atoms with E-state index >= 15 is 0 Å². The average molecular weight is 140 g/mol. The fraction of sp³-hybridized carbons (Fsp3) is 1.00. The van der Waals surface area contributed by atoms with Crippen LogP contribution in [0.1, 0.15) is 33.1 Å². The molecule has 1 N–H and O–H groups in total. The van der Waals surface area contributed by atoms with Crippen LogP contribution in [0.3, 0.4) is 0 Å². The second-order valence-electron chi connectivity index (χ2n) is 4.34. The molecule has 0 aromatic heterocycles. The molecule has 2 fully saturated rings. The van der Waals surface area contributed by atoms with Gasteiger partial charge in [-0.3, -0.25) is 0 Å². The molecule has 2 rings (SSSR count). The van der Waals surface area contributed by atoms with Crippen LogP contribution in [0.2, 0.25) is 0 Å². The van der Waals surface area contributed by atoms with Gasteiger partial charge in [0.15, 0.2) is 0 Å². The minimum atomic E-state index is 0.00116. The van der Waals surface area contributed by atoms with Crippen LogP contribution in [-0.4, -0.2) is 11.2 Å². The molecular weight excluding hydrogens is 124 g/mol. The molecule has 2 aliphatic rings. The van der Waals surface area contributed by atoms with E-state index in [1.54, 1.807) is 0 Å². The van der Waals surface area contributed by atoms with Crippen LogP contribution in [0.5, 0.6) is 0 Å². The van der Waals surface area contributed by atoms with Crippen LogP contribution >= 0.6 is 0 Å². The molecule has 0 aliphatic heterocycles. The Morgan fingerprint density at radius 2 is 2.20 bits per heavy atom. The van der Waals surface area contributed by atoms with E-state index in [0.717, 1.165) is 18.3 Å². The SMILES string of the molecule is C[C@H]1[C@@H]2CC[C@@]1(C)[C@@H](O)C2. The van der Waals surface area contributed by atoms with Crippen molar-refractivity contribution in [1.82, 2.24) is 0 Å². The van der Waals surface area contributed by atoms with Gasteiger partial charge < -0.3 is 5.11 Å². The Bertz CT molecular complexity index is 155. The van der Waals surface area contributed by atoms with Gasteiger partial charge in [0.05, 0.1) is 6.10 Å². The molecule has 1 nitrogen and oxygen atoms in total. The largest absolute Gasteiger partial charge is 0.393 e. The van der Waals surface area contributed by atoms with Crippen molar-refractivity contribution in [2.75, 3.05) is 0 Å². The highest BCUT2D eigenvalue weighted by atomic mass is 16.3. The number of rotatable bonds is 0. The maximum Gasteiger partial charge on any atom is 0.0599 e. The van der Waals surface area contributed by atoms with Crippen molar-refractivity contribution < 1.29 is 5.11 Å². The van der Waals surface area contributed by atoms with Crippen molar-refractivity contribution in [2.45, 2.75) is 39.2 Å². The van der Waals surface area contributed by atoms with Crippen molar-refractivity contribution in [3.63, 3.8) is 0 Å². The van der Waals surface area contributed by atoms with E-state index in [1.807, 2.05) is 0 Å². The molecular formula is C9H16O. The number of hydrogen-bond donors (Lipinski definition) is 1. The van der Waals surface area contributed by atoms with Gasteiger partial charge in [-0.1, -0.05) is 13.8 Å². The van der Waals surface area contributed by atoms with Crippen molar-refractivity contribution >= 4 is 0 Å². The van der Waals surface area contributed by atoms with E-state index in [0.29, 0.717) is 0 Å². The van der Waals surface area contributed by atoms with Gasteiger partial charge in [0.25, 0.3) is 0 Å². The zero-order chi connectivity index (χ0) is 7.35. The Hall–Kier alpha value is -0.0400. The molecule has 10 heavy (non-hydrogen) atoms. The third kappa shape index (κ3) is 0.572. The van der Waals surface area contributed by atoms with E-state index in [1.165, 1.54) is 12.8 Å². The standard InChI is InChI=1S/C9H16O/c1-6-7-3-4-9(6,2)8(10)5-7/h6-8,10H,3-5H2,1-2H3/t6-,7+,8-,9+/m0/s1. The minimum Gasteiger partial charge on any atom is -0.393 e. The molecule has 58 valence electrons. The zero-order valence-electron chi connectivity index (χ0n) is 6.80. The van der Waals surface area contributed by atoms with Crippen LogP contribution in [0, 0.1) is 17.3 Å². The Labute approximate surface area is 62.4 Å². The summed E-state index contributed by atoms with van der Waals surface area (Å²) in [4.78, 5) is 0. The molecule has 4 atom stereocenters. The number of aliphatic hydroxyl groups is 1. The van der Waals surface area contributed by atoms with Gasteiger partial charge in [0.1, 0.15) is 0 Å². The molecule has 2 saturated carbocycles. The Balaban J connectivity index is 2.29. The molecule has 0 spiro atoms. The molecule has 0 aromatic carbocycles. The maximum atomic E-state index is 9.65. The lowest BCUT2D eigenvalue weighted by atomic mass is 9.80. The molecule has 2 bridgehead atoms. The molecule has 0 unspecified atom stereocenters. The minimum absolute atomic E-state index is 0.00116. The van der Waals surface area contributed by atoms with Gasteiger partial charge in [-0.25, -0.2) is 0 Å². The Kier molecular flexibility index (Phi) is 1.17. The van der Waals surface area contributed by atoms with Crippen LogP contribution in [-0.2, 0) is 0 Å². The summed E-state index contributed by atoms with van der Waals surface area (Å²) in [6.07, 6.45) is 3.67. The number of hydrogen-bond acceptors (Lipinski definition) is 1. The summed E-state index contributed by atoms with van der Waals surface area (Å²) in [6.45, 7) is 4.54. The highest BCUT2D eigenvalue weighted by Crippen LogP contribution is 2.57. The van der Waals surface area contributed by atoms with Gasteiger partial charge in [-0.2, -0.15) is 0 Å². The van der Waals surface area contributed by atoms with Crippen molar-refractivity contribution in [1.29, 1.82) is 0 Å². The molecule has 0 radical (unpaired) electrons. The fourth-order valence-electron chi connectivity index (χ4n) is 2.86. The van der Waals surface area contributed by atoms with Crippen LogP contribution in [0.4, 0.5) is 0 Å². The average Bonchev–Trinajstić information content (AvgIpc) is 2.25. The molecule has 0 amide bonds. The second-order valence-corrected chi connectivity index (χ2v) is 4.34. The quantitative estimate of drug-likeness (QED) is 0.544. The van der Waals surface area contributed by atoms with Crippen molar-refractivity contribution in [2.24, 2.45) is 17.3 Å². The third-order valence-electron chi connectivity index (χ3n) is 4.09. The Morgan fingerprint density at radius 1 is 1.50 bits per heavy atom. The van der Waals surface area contributed by atoms with Crippen LogP contribution in [0.15, 0.2) is 0 Å². The van der Waals surface area contributed by atoms with E-state index in [2.05, 4.69) is 13.8 Å². The van der Waals surface area contributed by atoms with E-state index in [9.17, 15) is 5.11 Å². The summed E-state index contributed by atoms with van der Waals surface area (Å²) < 4.78 is 0. The fourth-order valence-corrected chi connectivity index (χ4v) is 2.86. The first-order valence-corrected chi connectivity index (χ1v) is 4.32. The molecule has 0 aromatic rings. The smallest absolute Gasteiger partial charge is 0.0599 e. The summed E-state index contributed by atoms with van der Waals surface area (Å²) in [5.74, 6) is 1.60. The van der Waals surface area contributed by atoms with Gasteiger partial charge in [0, 0.05) is 0 Å². The summed E-state index contributed by atoms with van der Waals surface area (Å²) in [5.41, 5.74) is 0.282. The molecule has 0 heterocycles. The Morgan fingerprint density at radius 3 is 2.40 bits per heavy atom. The summed E-state index contributed by atoms with van der Waals surface area (Å²) in [6, 6.07) is 0. The van der Waals surface area contributed by atoms with E-state index in [-0.39, 0.29) is 11.5 Å². The van der Waals surface area contributed by atoms with E-state index < -0.39 is 0 Å². The highest BCUT2D eigenvalue weighted by Gasteiger charge is 2.53. The first-order valence-electron chi connectivity index (χ1n) is 4.32. The van der Waals surface area contributed by atoms with Gasteiger partial charge in [-0.05, 0) is 36.5 Å². The lowest BCUT2D eigenvalue weighted by molar-refractivity contribution is 0.0400. The monoisotopic (exact) mass is 140 g/mol. The summed E-state index contributed by atoms with van der Waals surface area (Å²) in [7, 11) is 0. The normalized spacial score (nSPS) is 59.7. The number of aliphatic hydroxyl groups excluding tert-OH is 1. The van der Waals surface area contributed by atoms with Crippen molar-refractivity contribution in [3.8, 4) is 0 Å². The first kappa shape index (κ1) is 6.66. The predicted molar refractivity (Wildman–Crippen MR) is 40.6 cm³/mol. The second kappa shape index (κ2) is 1.76. The molecule has 0 saturated heterocycles. The van der Waals surface area contributed by atoms with Crippen molar-refractivity contribution in [3.05, 3.63) is 0 Å². The molecule has 1 heteroatoms. The highest BCUT2D eigenvalue weighted by molar-refractivity contribution is 5.03. The molecule has 2 aliphatic carbocycles. The zero-order valence-corrected chi connectivity index (χ0v) is 6.80. The van der Waals surface area contributed by atoms with E-state index in [4.69, 9.17) is 0 Å².